The molecule has 25 heavy (non-hydrogen) atoms. The summed E-state index contributed by atoms with van der Waals surface area (Å²) in [5, 5.41) is 0. The summed E-state index contributed by atoms with van der Waals surface area (Å²) in [5.41, 5.74) is 0.568. The molecule has 1 aromatic carbocycles. The highest BCUT2D eigenvalue weighted by atomic mass is 16.5. The summed E-state index contributed by atoms with van der Waals surface area (Å²) in [6.45, 7) is 5.85. The van der Waals surface area contributed by atoms with Gasteiger partial charge in [0.15, 0.2) is 0 Å². The first-order chi connectivity index (χ1) is 11.9. The zero-order valence-corrected chi connectivity index (χ0v) is 15.2. The summed E-state index contributed by atoms with van der Waals surface area (Å²) in [6, 6.07) is 7.42. The Labute approximate surface area is 148 Å². The van der Waals surface area contributed by atoms with Crippen molar-refractivity contribution in [2.45, 2.75) is 32.3 Å². The van der Waals surface area contributed by atoms with Crippen molar-refractivity contribution < 1.29 is 19.1 Å². The van der Waals surface area contributed by atoms with E-state index in [4.69, 9.17) is 9.47 Å². The number of ether oxygens (including phenoxy) is 2. The van der Waals surface area contributed by atoms with Crippen molar-refractivity contribution in [2.75, 3.05) is 38.3 Å². The molecule has 1 unspecified atom stereocenters. The molecule has 2 heterocycles. The van der Waals surface area contributed by atoms with Gasteiger partial charge in [0, 0.05) is 31.3 Å². The number of rotatable bonds is 3. The van der Waals surface area contributed by atoms with Crippen molar-refractivity contribution in [3.63, 3.8) is 0 Å². The van der Waals surface area contributed by atoms with Crippen LogP contribution in [0.15, 0.2) is 24.3 Å². The van der Waals surface area contributed by atoms with Crippen LogP contribution < -0.4 is 9.64 Å². The number of benzene rings is 1. The van der Waals surface area contributed by atoms with Crippen LogP contribution in [0, 0.1) is 5.92 Å². The number of methoxy groups -OCH3 is 1. The lowest BCUT2D eigenvalue weighted by Gasteiger charge is -2.39. The Balaban J connectivity index is 1.63. The lowest BCUT2D eigenvalue weighted by atomic mass is 9.87. The third-order valence-corrected chi connectivity index (χ3v) is 4.96. The smallest absolute Gasteiger partial charge is 0.246 e. The fraction of sp³-hybridized carbons (Fsp3) is 0.579. The predicted octanol–water partition coefficient (Wildman–Crippen LogP) is 2.08. The Morgan fingerprint density at radius 1 is 1.24 bits per heavy atom. The minimum absolute atomic E-state index is 0.0453. The van der Waals surface area contributed by atoms with E-state index in [0.29, 0.717) is 26.1 Å². The van der Waals surface area contributed by atoms with Gasteiger partial charge in [-0.15, -0.1) is 0 Å². The molecule has 136 valence electrons. The van der Waals surface area contributed by atoms with Gasteiger partial charge in [0.2, 0.25) is 11.8 Å². The van der Waals surface area contributed by atoms with Crippen molar-refractivity contribution in [3.05, 3.63) is 24.3 Å². The summed E-state index contributed by atoms with van der Waals surface area (Å²) in [7, 11) is 1.61. The minimum atomic E-state index is -0.270. The highest BCUT2D eigenvalue weighted by molar-refractivity contribution is 5.98. The Morgan fingerprint density at radius 3 is 2.56 bits per heavy atom. The Bertz CT molecular complexity index is 641. The summed E-state index contributed by atoms with van der Waals surface area (Å²) in [6.07, 6.45) is 1.44. The van der Waals surface area contributed by atoms with E-state index in [0.717, 1.165) is 17.9 Å². The third-order valence-electron chi connectivity index (χ3n) is 4.96. The fourth-order valence-corrected chi connectivity index (χ4v) is 3.60. The fourth-order valence-electron chi connectivity index (χ4n) is 3.60. The van der Waals surface area contributed by atoms with Crippen LogP contribution in [0.5, 0.6) is 5.75 Å². The normalized spacial score (nSPS) is 23.5. The quantitative estimate of drug-likeness (QED) is 0.841. The number of carbonyl (C=O) groups excluding carboxylic acids is 2. The molecule has 0 N–H and O–H groups in total. The molecule has 2 amide bonds. The van der Waals surface area contributed by atoms with Gasteiger partial charge < -0.3 is 19.3 Å². The summed E-state index contributed by atoms with van der Waals surface area (Å²) in [5.74, 6) is 0.742. The van der Waals surface area contributed by atoms with Gasteiger partial charge in [-0.05, 0) is 51.0 Å². The highest BCUT2D eigenvalue weighted by Crippen LogP contribution is 2.30. The largest absolute Gasteiger partial charge is 0.497 e. The number of piperazine rings is 1. The SMILES string of the molecule is COc1ccc(N2CCN(C(=O)C3CCOC(C)(C)C3)CC2=O)cc1. The van der Waals surface area contributed by atoms with Gasteiger partial charge >= 0.3 is 0 Å². The van der Waals surface area contributed by atoms with Crippen LogP contribution in [0.2, 0.25) is 0 Å². The number of nitrogens with zero attached hydrogens (tertiary/aromatic N) is 2. The number of amides is 2. The predicted molar refractivity (Wildman–Crippen MR) is 94.7 cm³/mol. The first kappa shape index (κ1) is 17.7. The number of hydrogen-bond acceptors (Lipinski definition) is 4. The van der Waals surface area contributed by atoms with Gasteiger partial charge in [-0.25, -0.2) is 0 Å². The van der Waals surface area contributed by atoms with Crippen LogP contribution in [-0.2, 0) is 14.3 Å². The van der Waals surface area contributed by atoms with Crippen LogP contribution in [-0.4, -0.2) is 55.7 Å². The summed E-state index contributed by atoms with van der Waals surface area (Å²) < 4.78 is 10.8. The van der Waals surface area contributed by atoms with E-state index in [2.05, 4.69) is 0 Å². The number of hydrogen-bond donors (Lipinski definition) is 0. The maximum absolute atomic E-state index is 12.8. The van der Waals surface area contributed by atoms with E-state index in [9.17, 15) is 9.59 Å². The molecule has 0 spiro atoms. The minimum Gasteiger partial charge on any atom is -0.497 e. The third kappa shape index (κ3) is 3.95. The molecule has 2 saturated heterocycles. The molecule has 6 nitrogen and oxygen atoms in total. The monoisotopic (exact) mass is 346 g/mol. The molecule has 1 aromatic rings. The van der Waals surface area contributed by atoms with Crippen molar-refractivity contribution in [1.82, 2.24) is 4.90 Å². The molecule has 2 aliphatic heterocycles. The molecule has 2 fully saturated rings. The highest BCUT2D eigenvalue weighted by Gasteiger charge is 2.37. The van der Waals surface area contributed by atoms with Crippen molar-refractivity contribution in [3.8, 4) is 5.75 Å². The van der Waals surface area contributed by atoms with Gasteiger partial charge in [-0.3, -0.25) is 9.59 Å². The molecule has 1 atom stereocenters. The van der Waals surface area contributed by atoms with Crippen molar-refractivity contribution >= 4 is 17.5 Å². The molecule has 0 aromatic heterocycles. The Morgan fingerprint density at radius 2 is 1.96 bits per heavy atom. The second kappa shape index (κ2) is 7.04. The standard InChI is InChI=1S/C19H26N2O4/c1-19(2)12-14(8-11-25-19)18(23)20-9-10-21(17(22)13-20)15-4-6-16(24-3)7-5-15/h4-7,14H,8-13H2,1-3H3. The van der Waals surface area contributed by atoms with Gasteiger partial charge in [-0.1, -0.05) is 0 Å². The molecule has 0 bridgehead atoms. The van der Waals surface area contributed by atoms with Crippen LogP contribution in [0.1, 0.15) is 26.7 Å². The lowest BCUT2D eigenvalue weighted by molar-refractivity contribution is -0.148. The topological polar surface area (TPSA) is 59.1 Å². The maximum atomic E-state index is 12.8. The molecular weight excluding hydrogens is 320 g/mol. The van der Waals surface area contributed by atoms with E-state index in [1.54, 1.807) is 16.9 Å². The molecule has 0 radical (unpaired) electrons. The maximum Gasteiger partial charge on any atom is 0.246 e. The zero-order chi connectivity index (χ0) is 18.0. The number of anilines is 1. The van der Waals surface area contributed by atoms with Gasteiger partial charge in [0.1, 0.15) is 12.3 Å². The van der Waals surface area contributed by atoms with E-state index in [1.807, 2.05) is 38.1 Å². The average Bonchev–Trinajstić information content (AvgIpc) is 2.60. The van der Waals surface area contributed by atoms with Crippen LogP contribution in [0.25, 0.3) is 0 Å². The van der Waals surface area contributed by atoms with E-state index >= 15 is 0 Å². The molecule has 6 heteroatoms. The van der Waals surface area contributed by atoms with E-state index in [1.165, 1.54) is 0 Å². The van der Waals surface area contributed by atoms with E-state index < -0.39 is 0 Å². The van der Waals surface area contributed by atoms with Crippen LogP contribution in [0.3, 0.4) is 0 Å². The molecule has 2 aliphatic rings. The second-order valence-corrected chi connectivity index (χ2v) is 7.30. The average molecular weight is 346 g/mol. The Hall–Kier alpha value is -2.08. The zero-order valence-electron chi connectivity index (χ0n) is 15.2. The summed E-state index contributed by atoms with van der Waals surface area (Å²) in [4.78, 5) is 28.8. The van der Waals surface area contributed by atoms with E-state index in [-0.39, 0.29) is 29.9 Å². The van der Waals surface area contributed by atoms with Crippen LogP contribution in [0.4, 0.5) is 5.69 Å². The van der Waals surface area contributed by atoms with Crippen molar-refractivity contribution in [1.29, 1.82) is 0 Å². The number of carbonyl (C=O) groups is 2. The molecule has 0 aliphatic carbocycles. The first-order valence-electron chi connectivity index (χ1n) is 8.77. The van der Waals surface area contributed by atoms with Crippen molar-refractivity contribution in [2.24, 2.45) is 5.92 Å². The van der Waals surface area contributed by atoms with Gasteiger partial charge in [0.25, 0.3) is 0 Å². The second-order valence-electron chi connectivity index (χ2n) is 7.30. The Kier molecular flexibility index (Phi) is 4.99. The van der Waals surface area contributed by atoms with Crippen LogP contribution >= 0.6 is 0 Å². The molecule has 3 rings (SSSR count). The summed E-state index contributed by atoms with van der Waals surface area (Å²) >= 11 is 0. The van der Waals surface area contributed by atoms with Gasteiger partial charge in [-0.2, -0.15) is 0 Å². The van der Waals surface area contributed by atoms with Gasteiger partial charge in [0.05, 0.1) is 12.7 Å². The molecule has 0 saturated carbocycles. The molecular formula is C19H26N2O4. The first-order valence-corrected chi connectivity index (χ1v) is 8.77. The lowest BCUT2D eigenvalue weighted by Crippen LogP contribution is -2.54.